The van der Waals surface area contributed by atoms with Gasteiger partial charge in [0.05, 0.1) is 23.5 Å². The van der Waals surface area contributed by atoms with Gasteiger partial charge >= 0.3 is 6.09 Å². The molecule has 1 aliphatic rings. The van der Waals surface area contributed by atoms with Gasteiger partial charge in [-0.25, -0.2) is 23.5 Å². The van der Waals surface area contributed by atoms with Crippen molar-refractivity contribution in [3.8, 4) is 0 Å². The fraction of sp³-hybridized carbons (Fsp3) is 0.500. The average Bonchev–Trinajstić information content (AvgIpc) is 2.72. The molecule has 0 aromatic carbocycles. The van der Waals surface area contributed by atoms with Crippen molar-refractivity contribution in [2.45, 2.75) is 64.6 Å². The van der Waals surface area contributed by atoms with Gasteiger partial charge in [0.15, 0.2) is 23.3 Å². The third kappa shape index (κ3) is 6.70. The number of ether oxygens (including phenoxy) is 1. The lowest BCUT2D eigenvalue weighted by Crippen LogP contribution is -2.51. The molecule has 2 atom stereocenters. The smallest absolute Gasteiger partial charge is 0.407 e. The first-order valence-electron chi connectivity index (χ1n) is 11.7. The van der Waals surface area contributed by atoms with Gasteiger partial charge < -0.3 is 31.7 Å². The topological polar surface area (TPSA) is 143 Å². The number of primary amides is 1. The maximum Gasteiger partial charge on any atom is 0.407 e. The predicted octanol–water partition coefficient (Wildman–Crippen LogP) is 4.13. The molecule has 0 spiro atoms. The van der Waals surface area contributed by atoms with Gasteiger partial charge in [-0.2, -0.15) is 0 Å². The van der Waals surface area contributed by atoms with Gasteiger partial charge in [-0.3, -0.25) is 4.79 Å². The Morgan fingerprint density at radius 1 is 1.14 bits per heavy atom. The van der Waals surface area contributed by atoms with Crippen molar-refractivity contribution in [2.24, 2.45) is 11.7 Å². The monoisotopic (exact) mass is 505 g/mol. The lowest BCUT2D eigenvalue weighted by molar-refractivity contribution is 0.0492. The second kappa shape index (κ2) is 10.9. The number of anilines is 4. The number of hydrogen-bond acceptors (Lipinski definition) is 8. The summed E-state index contributed by atoms with van der Waals surface area (Å²) in [5.41, 5.74) is 4.74. The number of rotatable bonds is 9. The van der Waals surface area contributed by atoms with E-state index < -0.39 is 35.3 Å². The summed E-state index contributed by atoms with van der Waals surface area (Å²) >= 11 is 0. The molecule has 0 unspecified atom stereocenters. The van der Waals surface area contributed by atoms with Gasteiger partial charge in [-0.1, -0.05) is 6.42 Å². The summed E-state index contributed by atoms with van der Waals surface area (Å²) < 4.78 is 34.5. The summed E-state index contributed by atoms with van der Waals surface area (Å²) in [6.07, 6.45) is 3.56. The standard InChI is InChI=1S/C24H33F2N7O3/c1-12(30-23(35)36-24(2,3)4)18(13-7-6-8-13)32-22-17(26)10-15(19(27)34)20(33-22)31-14-9-16(25)21(28-5)29-11-14/h9-13,18H,6-8H2,1-5H3,(H2,27,34)(H,28,29)(H,30,35)(H2,31,32,33)/t12-,18-/m0/s1. The number of alkyl carbamates (subject to hydrolysis) is 1. The van der Waals surface area contributed by atoms with Crippen molar-refractivity contribution in [1.29, 1.82) is 0 Å². The Morgan fingerprint density at radius 2 is 1.81 bits per heavy atom. The molecule has 1 fully saturated rings. The summed E-state index contributed by atoms with van der Waals surface area (Å²) in [5, 5.41) is 11.3. The highest BCUT2D eigenvalue weighted by Crippen LogP contribution is 2.34. The first-order valence-corrected chi connectivity index (χ1v) is 11.7. The maximum atomic E-state index is 15.0. The highest BCUT2D eigenvalue weighted by molar-refractivity contribution is 5.98. The van der Waals surface area contributed by atoms with Gasteiger partial charge in [-0.15, -0.1) is 0 Å². The molecule has 2 amide bonds. The quantitative estimate of drug-likeness (QED) is 0.342. The van der Waals surface area contributed by atoms with E-state index in [0.29, 0.717) is 0 Å². The van der Waals surface area contributed by atoms with E-state index in [9.17, 15) is 14.0 Å². The molecule has 2 aromatic rings. The Morgan fingerprint density at radius 3 is 2.33 bits per heavy atom. The number of carbonyl (C=O) groups excluding carboxylic acids is 2. The predicted molar refractivity (Wildman–Crippen MR) is 133 cm³/mol. The molecular weight excluding hydrogens is 472 g/mol. The number of carbonyl (C=O) groups is 2. The van der Waals surface area contributed by atoms with Gasteiger partial charge in [-0.05, 0) is 52.5 Å². The number of aromatic nitrogens is 2. The molecule has 12 heteroatoms. The minimum Gasteiger partial charge on any atom is -0.444 e. The van der Waals surface area contributed by atoms with E-state index in [0.717, 1.165) is 31.4 Å². The summed E-state index contributed by atoms with van der Waals surface area (Å²) in [6, 6.07) is 1.34. The molecule has 2 heterocycles. The van der Waals surface area contributed by atoms with Crippen LogP contribution in [0.1, 0.15) is 57.3 Å². The van der Waals surface area contributed by atoms with Crippen LogP contribution in [0.5, 0.6) is 0 Å². The summed E-state index contributed by atoms with van der Waals surface area (Å²) in [7, 11) is 1.53. The molecule has 1 aliphatic carbocycles. The van der Waals surface area contributed by atoms with Crippen LogP contribution in [-0.2, 0) is 4.74 Å². The van der Waals surface area contributed by atoms with E-state index in [1.807, 2.05) is 0 Å². The summed E-state index contributed by atoms with van der Waals surface area (Å²) in [6.45, 7) is 7.09. The van der Waals surface area contributed by atoms with E-state index in [1.165, 1.54) is 13.2 Å². The fourth-order valence-corrected chi connectivity index (χ4v) is 3.89. The van der Waals surface area contributed by atoms with E-state index >= 15 is 4.39 Å². The van der Waals surface area contributed by atoms with Crippen LogP contribution in [0.2, 0.25) is 0 Å². The molecule has 36 heavy (non-hydrogen) atoms. The van der Waals surface area contributed by atoms with Crippen LogP contribution in [0, 0.1) is 17.6 Å². The van der Waals surface area contributed by atoms with E-state index in [-0.39, 0.29) is 40.7 Å². The van der Waals surface area contributed by atoms with Crippen molar-refractivity contribution in [3.63, 3.8) is 0 Å². The third-order valence-electron chi connectivity index (χ3n) is 5.83. The fourth-order valence-electron chi connectivity index (χ4n) is 3.89. The number of hydrogen-bond donors (Lipinski definition) is 5. The van der Waals surface area contributed by atoms with Crippen LogP contribution in [0.3, 0.4) is 0 Å². The van der Waals surface area contributed by atoms with Gasteiger partial charge in [0.1, 0.15) is 11.4 Å². The number of nitrogens with zero attached hydrogens (tertiary/aromatic N) is 2. The molecule has 3 rings (SSSR count). The maximum absolute atomic E-state index is 15.0. The normalized spacial score (nSPS) is 15.3. The van der Waals surface area contributed by atoms with Crippen LogP contribution >= 0.6 is 0 Å². The second-order valence-electron chi connectivity index (χ2n) is 9.80. The Balaban J connectivity index is 1.88. The highest BCUT2D eigenvalue weighted by atomic mass is 19.1. The number of nitrogens with two attached hydrogens (primary N) is 1. The van der Waals surface area contributed by atoms with E-state index in [2.05, 4.69) is 31.2 Å². The number of halogens is 2. The van der Waals surface area contributed by atoms with Crippen molar-refractivity contribution in [3.05, 3.63) is 35.5 Å². The molecule has 1 saturated carbocycles. The number of amides is 2. The van der Waals surface area contributed by atoms with Gasteiger partial charge in [0, 0.05) is 19.2 Å². The lowest BCUT2D eigenvalue weighted by atomic mass is 9.77. The molecular formula is C24H33F2N7O3. The molecule has 0 radical (unpaired) electrons. The molecule has 0 bridgehead atoms. The first-order chi connectivity index (χ1) is 16.9. The van der Waals surface area contributed by atoms with Gasteiger partial charge in [0.25, 0.3) is 5.91 Å². The molecule has 0 aliphatic heterocycles. The third-order valence-corrected chi connectivity index (χ3v) is 5.83. The zero-order valence-corrected chi connectivity index (χ0v) is 21.0. The van der Waals surface area contributed by atoms with Crippen LogP contribution in [-0.4, -0.2) is 46.7 Å². The zero-order valence-electron chi connectivity index (χ0n) is 21.0. The SMILES string of the molecule is CNc1ncc(Nc2nc(N[C@H](C3CCC3)[C@H](C)NC(=O)OC(C)(C)C)c(F)cc2C(N)=O)cc1F. The van der Waals surface area contributed by atoms with Crippen LogP contribution in [0.25, 0.3) is 0 Å². The van der Waals surface area contributed by atoms with Crippen molar-refractivity contribution in [1.82, 2.24) is 15.3 Å². The second-order valence-corrected chi connectivity index (χ2v) is 9.80. The van der Waals surface area contributed by atoms with Gasteiger partial charge in [0.2, 0.25) is 0 Å². The Bertz CT molecular complexity index is 1120. The first kappa shape index (κ1) is 26.9. The van der Waals surface area contributed by atoms with Crippen molar-refractivity contribution < 1.29 is 23.1 Å². The molecule has 196 valence electrons. The largest absolute Gasteiger partial charge is 0.444 e. The molecule has 6 N–H and O–H groups in total. The Labute approximate surface area is 208 Å². The minimum atomic E-state index is -0.911. The van der Waals surface area contributed by atoms with Crippen LogP contribution < -0.4 is 27.0 Å². The van der Waals surface area contributed by atoms with Crippen LogP contribution in [0.4, 0.5) is 36.7 Å². The molecule has 0 saturated heterocycles. The Hall–Kier alpha value is -3.70. The minimum absolute atomic E-state index is 0.0416. The number of pyridine rings is 2. The van der Waals surface area contributed by atoms with Crippen molar-refractivity contribution in [2.75, 3.05) is 23.0 Å². The van der Waals surface area contributed by atoms with Crippen LogP contribution in [0.15, 0.2) is 18.3 Å². The summed E-state index contributed by atoms with van der Waals surface area (Å²) in [4.78, 5) is 32.5. The van der Waals surface area contributed by atoms with E-state index in [1.54, 1.807) is 27.7 Å². The Kier molecular flexibility index (Phi) is 8.16. The summed E-state index contributed by atoms with van der Waals surface area (Å²) in [5.74, 6) is -2.34. The highest BCUT2D eigenvalue weighted by Gasteiger charge is 2.34. The molecule has 2 aromatic heterocycles. The zero-order chi connectivity index (χ0) is 26.6. The van der Waals surface area contributed by atoms with E-state index in [4.69, 9.17) is 10.5 Å². The number of nitrogens with one attached hydrogen (secondary N) is 4. The average molecular weight is 506 g/mol. The lowest BCUT2D eigenvalue weighted by Gasteiger charge is -2.38. The van der Waals surface area contributed by atoms with Crippen molar-refractivity contribution >= 4 is 35.1 Å². The molecule has 10 nitrogen and oxygen atoms in total.